The Bertz CT molecular complexity index is 1140. The molecule has 0 spiro atoms. The Balaban J connectivity index is 1.77. The fourth-order valence-corrected chi connectivity index (χ4v) is 3.59. The summed E-state index contributed by atoms with van der Waals surface area (Å²) in [6.45, 7) is 0.184. The number of benzene rings is 3. The number of hydrogen-bond acceptors (Lipinski definition) is 4. The fraction of sp³-hybridized carbons (Fsp3) is 0.0909. The summed E-state index contributed by atoms with van der Waals surface area (Å²) in [5.74, 6) is 0.468. The molecule has 1 amide bonds. The smallest absolute Gasteiger partial charge is 0.272 e. The van der Waals surface area contributed by atoms with Crippen LogP contribution in [0.3, 0.4) is 0 Å². The van der Waals surface area contributed by atoms with Crippen molar-refractivity contribution in [3.05, 3.63) is 91.4 Å². The molecule has 31 heavy (non-hydrogen) atoms. The highest BCUT2D eigenvalue weighted by Crippen LogP contribution is 2.32. The molecule has 1 N–H and O–H groups in total. The van der Waals surface area contributed by atoms with Crippen molar-refractivity contribution in [2.45, 2.75) is 6.61 Å². The van der Waals surface area contributed by atoms with E-state index in [1.54, 1.807) is 42.5 Å². The molecule has 0 aliphatic heterocycles. The number of amides is 1. The minimum atomic E-state index is -0.476. The summed E-state index contributed by atoms with van der Waals surface area (Å²) in [7, 11) is 1.53. The van der Waals surface area contributed by atoms with E-state index >= 15 is 0 Å². The van der Waals surface area contributed by atoms with E-state index in [1.807, 2.05) is 0 Å². The molecular weight excluding hydrogens is 482 g/mol. The molecule has 160 valence electrons. The van der Waals surface area contributed by atoms with Crippen molar-refractivity contribution in [2.24, 2.45) is 5.10 Å². The van der Waals surface area contributed by atoms with Gasteiger partial charge in [0.25, 0.3) is 5.91 Å². The predicted octanol–water partition coefficient (Wildman–Crippen LogP) is 6.65. The van der Waals surface area contributed by atoms with Crippen molar-refractivity contribution in [3.63, 3.8) is 0 Å². The summed E-state index contributed by atoms with van der Waals surface area (Å²) >= 11 is 24.1. The molecule has 0 aromatic heterocycles. The first-order chi connectivity index (χ1) is 14.9. The van der Waals surface area contributed by atoms with E-state index in [1.165, 1.54) is 25.5 Å². The van der Waals surface area contributed by atoms with Crippen LogP contribution >= 0.6 is 46.4 Å². The van der Waals surface area contributed by atoms with Crippen molar-refractivity contribution in [1.82, 2.24) is 5.43 Å². The molecule has 3 aromatic carbocycles. The maximum absolute atomic E-state index is 12.3. The Morgan fingerprint density at radius 1 is 1.00 bits per heavy atom. The summed E-state index contributed by atoms with van der Waals surface area (Å²) in [5, 5.41) is 5.70. The van der Waals surface area contributed by atoms with Crippen LogP contribution in [0.2, 0.25) is 20.1 Å². The van der Waals surface area contributed by atoms with Gasteiger partial charge in [-0.3, -0.25) is 4.79 Å². The van der Waals surface area contributed by atoms with Crippen LogP contribution in [0.5, 0.6) is 11.5 Å². The number of hydrazone groups is 1. The minimum absolute atomic E-state index is 0.184. The first-order valence-corrected chi connectivity index (χ1v) is 10.4. The molecule has 0 bridgehead atoms. The van der Waals surface area contributed by atoms with Gasteiger partial charge in [-0.25, -0.2) is 5.43 Å². The van der Waals surface area contributed by atoms with Crippen molar-refractivity contribution < 1.29 is 14.3 Å². The van der Waals surface area contributed by atoms with Crippen LogP contribution in [0, 0.1) is 0 Å². The van der Waals surface area contributed by atoms with Gasteiger partial charge in [-0.05, 0) is 42.5 Å². The quantitative estimate of drug-likeness (QED) is 0.293. The zero-order chi connectivity index (χ0) is 22.4. The SMILES string of the molecule is COc1cccc(/C=N\NC(=O)c2ccc(Cl)cc2Cl)c1OCc1ccc(Cl)cc1Cl. The zero-order valence-corrected chi connectivity index (χ0v) is 19.2. The van der Waals surface area contributed by atoms with Gasteiger partial charge in [0.1, 0.15) is 6.61 Å². The Hall–Kier alpha value is -2.44. The summed E-state index contributed by atoms with van der Waals surface area (Å²) in [6.07, 6.45) is 1.45. The number of hydrogen-bond donors (Lipinski definition) is 1. The minimum Gasteiger partial charge on any atom is -0.493 e. The van der Waals surface area contributed by atoms with Crippen LogP contribution in [0.25, 0.3) is 0 Å². The molecule has 0 saturated carbocycles. The second-order valence-corrected chi connectivity index (χ2v) is 7.91. The molecule has 5 nitrogen and oxygen atoms in total. The number of rotatable bonds is 7. The van der Waals surface area contributed by atoms with Gasteiger partial charge in [0.15, 0.2) is 11.5 Å². The Kier molecular flexibility index (Phi) is 8.04. The molecule has 0 radical (unpaired) electrons. The lowest BCUT2D eigenvalue weighted by Gasteiger charge is -2.14. The van der Waals surface area contributed by atoms with E-state index in [-0.39, 0.29) is 17.2 Å². The van der Waals surface area contributed by atoms with Crippen LogP contribution in [0.1, 0.15) is 21.5 Å². The lowest BCUT2D eigenvalue weighted by atomic mass is 10.2. The third-order valence-electron chi connectivity index (χ3n) is 4.16. The van der Waals surface area contributed by atoms with Gasteiger partial charge >= 0.3 is 0 Å². The fourth-order valence-electron chi connectivity index (χ4n) is 2.63. The number of ether oxygens (including phenoxy) is 2. The number of methoxy groups -OCH3 is 1. The monoisotopic (exact) mass is 496 g/mol. The van der Waals surface area contributed by atoms with E-state index in [0.717, 1.165) is 5.56 Å². The molecule has 3 aromatic rings. The third-order valence-corrected chi connectivity index (χ3v) is 5.30. The van der Waals surface area contributed by atoms with Gasteiger partial charge in [0.05, 0.1) is 23.9 Å². The number of nitrogens with one attached hydrogen (secondary N) is 1. The second-order valence-electron chi connectivity index (χ2n) is 6.23. The zero-order valence-electron chi connectivity index (χ0n) is 16.2. The molecule has 0 fully saturated rings. The molecule has 0 aliphatic carbocycles. The molecule has 9 heteroatoms. The summed E-state index contributed by atoms with van der Waals surface area (Å²) < 4.78 is 11.3. The first-order valence-electron chi connectivity index (χ1n) is 8.91. The van der Waals surface area contributed by atoms with E-state index < -0.39 is 5.91 Å². The Morgan fingerprint density at radius 2 is 1.71 bits per heavy atom. The van der Waals surface area contributed by atoms with Crippen LogP contribution < -0.4 is 14.9 Å². The maximum atomic E-state index is 12.3. The highest BCUT2D eigenvalue weighted by molar-refractivity contribution is 6.36. The van der Waals surface area contributed by atoms with Crippen LogP contribution in [-0.4, -0.2) is 19.2 Å². The third kappa shape index (κ3) is 6.05. The highest BCUT2D eigenvalue weighted by Gasteiger charge is 2.12. The molecule has 0 unspecified atom stereocenters. The topological polar surface area (TPSA) is 59.9 Å². The lowest BCUT2D eigenvalue weighted by molar-refractivity contribution is 0.0955. The van der Waals surface area contributed by atoms with Gasteiger partial charge in [-0.2, -0.15) is 5.10 Å². The van der Waals surface area contributed by atoms with E-state index in [0.29, 0.717) is 32.1 Å². The lowest BCUT2D eigenvalue weighted by Crippen LogP contribution is -2.18. The van der Waals surface area contributed by atoms with Gasteiger partial charge in [-0.1, -0.05) is 58.5 Å². The average Bonchev–Trinajstić information content (AvgIpc) is 2.73. The predicted molar refractivity (Wildman–Crippen MR) is 125 cm³/mol. The van der Waals surface area contributed by atoms with Crippen LogP contribution in [0.4, 0.5) is 0 Å². The van der Waals surface area contributed by atoms with Crippen molar-refractivity contribution >= 4 is 58.5 Å². The molecule has 0 aliphatic rings. The van der Waals surface area contributed by atoms with Gasteiger partial charge in [0, 0.05) is 26.2 Å². The van der Waals surface area contributed by atoms with Crippen molar-refractivity contribution in [1.29, 1.82) is 0 Å². The summed E-state index contributed by atoms with van der Waals surface area (Å²) in [4.78, 5) is 12.3. The van der Waals surface area contributed by atoms with Gasteiger partial charge in [0.2, 0.25) is 0 Å². The molecular formula is C22H16Cl4N2O3. The van der Waals surface area contributed by atoms with Crippen molar-refractivity contribution in [2.75, 3.05) is 7.11 Å². The van der Waals surface area contributed by atoms with E-state index in [9.17, 15) is 4.79 Å². The summed E-state index contributed by atoms with van der Waals surface area (Å²) in [5.41, 5.74) is 4.03. The molecule has 0 atom stereocenters. The normalized spacial score (nSPS) is 10.9. The second kappa shape index (κ2) is 10.7. The van der Waals surface area contributed by atoms with Gasteiger partial charge < -0.3 is 9.47 Å². The maximum Gasteiger partial charge on any atom is 0.272 e. The molecule has 3 rings (SSSR count). The average molecular weight is 498 g/mol. The first kappa shape index (κ1) is 23.2. The van der Waals surface area contributed by atoms with E-state index in [4.69, 9.17) is 55.9 Å². The molecule has 0 saturated heterocycles. The number of carbonyl (C=O) groups is 1. The van der Waals surface area contributed by atoms with Gasteiger partial charge in [-0.15, -0.1) is 0 Å². The Morgan fingerprint density at radius 3 is 2.39 bits per heavy atom. The summed E-state index contributed by atoms with van der Waals surface area (Å²) in [6, 6.07) is 15.0. The van der Waals surface area contributed by atoms with E-state index in [2.05, 4.69) is 10.5 Å². The Labute approximate surface area is 199 Å². The highest BCUT2D eigenvalue weighted by atomic mass is 35.5. The number of halogens is 4. The standard InChI is InChI=1S/C22H16Cl4N2O3/c1-30-20-4-2-3-13(21(20)31-12-14-5-6-15(23)9-18(14)25)11-27-28-22(29)17-8-7-16(24)10-19(17)26/h2-11H,12H2,1H3,(H,28,29)/b27-11-. The number of nitrogens with zero attached hydrogens (tertiary/aromatic N) is 1. The largest absolute Gasteiger partial charge is 0.493 e. The molecule has 0 heterocycles. The number of para-hydroxylation sites is 1. The van der Waals surface area contributed by atoms with Crippen LogP contribution in [-0.2, 0) is 6.61 Å². The van der Waals surface area contributed by atoms with Crippen molar-refractivity contribution in [3.8, 4) is 11.5 Å². The number of carbonyl (C=O) groups excluding carboxylic acids is 1. The van der Waals surface area contributed by atoms with Crippen LogP contribution in [0.15, 0.2) is 59.7 Å².